The van der Waals surface area contributed by atoms with Gasteiger partial charge in [-0.3, -0.25) is 0 Å². The molecule has 0 amide bonds. The predicted octanol–water partition coefficient (Wildman–Crippen LogP) is 3.15. The summed E-state index contributed by atoms with van der Waals surface area (Å²) in [6, 6.07) is 18.8. The molecule has 4 unspecified atom stereocenters. The van der Waals surface area contributed by atoms with Gasteiger partial charge in [-0.15, -0.1) is 0 Å². The van der Waals surface area contributed by atoms with Crippen LogP contribution in [0.25, 0.3) is 0 Å². The Morgan fingerprint density at radius 3 is 2.29 bits per heavy atom. The molecule has 4 heteroatoms. The lowest BCUT2D eigenvalue weighted by Gasteiger charge is -2.45. The highest BCUT2D eigenvalue weighted by Crippen LogP contribution is 2.44. The Balaban J connectivity index is 2.02. The van der Waals surface area contributed by atoms with Crippen molar-refractivity contribution in [1.29, 1.82) is 0 Å². The molecule has 1 fully saturated rings. The zero-order chi connectivity index (χ0) is 17.0. The van der Waals surface area contributed by atoms with Crippen molar-refractivity contribution >= 4 is 0 Å². The number of rotatable bonds is 5. The Hall–Kier alpha value is -1.72. The average Bonchev–Trinajstić information content (AvgIpc) is 2.68. The molecule has 0 saturated carbocycles. The normalized spacial score (nSPS) is 26.7. The number of ether oxygens (including phenoxy) is 2. The number of hydrogen-bond acceptors (Lipinski definition) is 4. The largest absolute Gasteiger partial charge is 0.390 e. The summed E-state index contributed by atoms with van der Waals surface area (Å²) in [4.78, 5) is 0. The molecular weight excluding hydrogens is 304 g/mol. The van der Waals surface area contributed by atoms with Crippen LogP contribution in [-0.2, 0) is 15.3 Å². The fourth-order valence-corrected chi connectivity index (χ4v) is 3.16. The third kappa shape index (κ3) is 3.23. The summed E-state index contributed by atoms with van der Waals surface area (Å²) < 4.78 is 12.2. The van der Waals surface area contributed by atoms with Gasteiger partial charge < -0.3 is 19.7 Å². The standard InChI is InChI=1S/C20H24O4/c1-2-17(21)18-13-14-23-20(24-18,16-11-7-4-8-12-16)19(22)15-9-5-3-6-10-15/h3-12,17-19,21-22H,2,13-14H2,1H3. The van der Waals surface area contributed by atoms with Gasteiger partial charge in [0.2, 0.25) is 5.79 Å². The van der Waals surface area contributed by atoms with Crippen LogP contribution in [0.2, 0.25) is 0 Å². The molecule has 3 rings (SSSR count). The lowest BCUT2D eigenvalue weighted by atomic mass is 9.92. The lowest BCUT2D eigenvalue weighted by molar-refractivity contribution is -0.352. The number of aliphatic hydroxyl groups is 2. The molecule has 1 aliphatic rings. The first kappa shape index (κ1) is 17.1. The van der Waals surface area contributed by atoms with E-state index in [4.69, 9.17) is 9.47 Å². The molecule has 128 valence electrons. The van der Waals surface area contributed by atoms with Gasteiger partial charge in [-0.2, -0.15) is 0 Å². The van der Waals surface area contributed by atoms with Gasteiger partial charge >= 0.3 is 0 Å². The van der Waals surface area contributed by atoms with E-state index >= 15 is 0 Å². The van der Waals surface area contributed by atoms with E-state index in [-0.39, 0.29) is 6.10 Å². The molecule has 2 N–H and O–H groups in total. The molecule has 1 aliphatic heterocycles. The van der Waals surface area contributed by atoms with Crippen LogP contribution < -0.4 is 0 Å². The maximum atomic E-state index is 11.1. The molecule has 2 aromatic rings. The Kier molecular flexibility index (Phi) is 5.31. The van der Waals surface area contributed by atoms with Crippen LogP contribution in [-0.4, -0.2) is 29.0 Å². The first-order valence-corrected chi connectivity index (χ1v) is 8.45. The van der Waals surface area contributed by atoms with E-state index in [0.29, 0.717) is 25.0 Å². The number of benzene rings is 2. The van der Waals surface area contributed by atoms with Crippen molar-refractivity contribution in [2.75, 3.05) is 6.61 Å². The summed E-state index contributed by atoms with van der Waals surface area (Å²) in [5.74, 6) is -1.32. The molecule has 4 nitrogen and oxygen atoms in total. The van der Waals surface area contributed by atoms with Crippen molar-refractivity contribution in [3.63, 3.8) is 0 Å². The summed E-state index contributed by atoms with van der Waals surface area (Å²) in [7, 11) is 0. The topological polar surface area (TPSA) is 58.9 Å². The van der Waals surface area contributed by atoms with Gasteiger partial charge in [0.25, 0.3) is 0 Å². The molecular formula is C20H24O4. The summed E-state index contributed by atoms with van der Waals surface area (Å²) >= 11 is 0. The lowest BCUT2D eigenvalue weighted by Crippen LogP contribution is -2.50. The van der Waals surface area contributed by atoms with Crippen LogP contribution in [0, 0.1) is 0 Å². The summed E-state index contributed by atoms with van der Waals surface area (Å²) in [6.07, 6.45) is -0.752. The van der Waals surface area contributed by atoms with Gasteiger partial charge in [-0.1, -0.05) is 67.6 Å². The van der Waals surface area contributed by atoms with Crippen LogP contribution in [0.15, 0.2) is 60.7 Å². The maximum absolute atomic E-state index is 11.1. The molecule has 1 heterocycles. The molecule has 0 radical (unpaired) electrons. The van der Waals surface area contributed by atoms with Gasteiger partial charge in [0, 0.05) is 5.56 Å². The van der Waals surface area contributed by atoms with Crippen molar-refractivity contribution in [1.82, 2.24) is 0 Å². The minimum absolute atomic E-state index is 0.373. The third-order valence-corrected chi connectivity index (χ3v) is 4.54. The highest BCUT2D eigenvalue weighted by molar-refractivity contribution is 5.28. The molecule has 0 bridgehead atoms. The van der Waals surface area contributed by atoms with E-state index in [9.17, 15) is 10.2 Å². The van der Waals surface area contributed by atoms with E-state index in [0.717, 1.165) is 5.56 Å². The summed E-state index contributed by atoms with van der Waals surface area (Å²) in [5, 5.41) is 21.3. The van der Waals surface area contributed by atoms with Gasteiger partial charge in [0.05, 0.1) is 18.8 Å². The fourth-order valence-electron chi connectivity index (χ4n) is 3.16. The van der Waals surface area contributed by atoms with Gasteiger partial charge in [0.1, 0.15) is 6.10 Å². The number of aliphatic hydroxyl groups excluding tert-OH is 2. The van der Waals surface area contributed by atoms with E-state index in [2.05, 4.69) is 0 Å². The monoisotopic (exact) mass is 328 g/mol. The zero-order valence-electron chi connectivity index (χ0n) is 13.8. The molecule has 4 atom stereocenters. The van der Waals surface area contributed by atoms with Crippen LogP contribution in [0.4, 0.5) is 0 Å². The molecule has 0 aromatic heterocycles. The Bertz CT molecular complexity index is 631. The van der Waals surface area contributed by atoms with Crippen molar-refractivity contribution in [2.24, 2.45) is 0 Å². The molecule has 0 aliphatic carbocycles. The quantitative estimate of drug-likeness (QED) is 0.885. The smallest absolute Gasteiger partial charge is 0.226 e. The predicted molar refractivity (Wildman–Crippen MR) is 91.3 cm³/mol. The van der Waals surface area contributed by atoms with E-state index in [1.165, 1.54) is 0 Å². The third-order valence-electron chi connectivity index (χ3n) is 4.54. The van der Waals surface area contributed by atoms with Gasteiger partial charge in [0.15, 0.2) is 0 Å². The maximum Gasteiger partial charge on any atom is 0.226 e. The summed E-state index contributed by atoms with van der Waals surface area (Å²) in [6.45, 7) is 2.34. The van der Waals surface area contributed by atoms with Crippen LogP contribution in [0.5, 0.6) is 0 Å². The SMILES string of the molecule is CCC(O)C1CCOC(c2ccccc2)(C(O)c2ccccc2)O1. The van der Waals surface area contributed by atoms with E-state index in [1.807, 2.05) is 67.6 Å². The van der Waals surface area contributed by atoms with E-state index in [1.54, 1.807) is 0 Å². The Labute approximate surface area is 142 Å². The minimum Gasteiger partial charge on any atom is -0.390 e. The van der Waals surface area contributed by atoms with Crippen LogP contribution in [0.1, 0.15) is 37.0 Å². The second-order valence-electron chi connectivity index (χ2n) is 6.12. The van der Waals surface area contributed by atoms with Crippen molar-refractivity contribution in [3.8, 4) is 0 Å². The zero-order valence-corrected chi connectivity index (χ0v) is 13.8. The molecule has 24 heavy (non-hydrogen) atoms. The summed E-state index contributed by atoms with van der Waals surface area (Å²) in [5.41, 5.74) is 1.46. The highest BCUT2D eigenvalue weighted by Gasteiger charge is 2.48. The van der Waals surface area contributed by atoms with Gasteiger partial charge in [-0.05, 0) is 18.4 Å². The Morgan fingerprint density at radius 2 is 1.67 bits per heavy atom. The Morgan fingerprint density at radius 1 is 1.04 bits per heavy atom. The molecule has 1 saturated heterocycles. The fraction of sp³-hybridized carbons (Fsp3) is 0.400. The average molecular weight is 328 g/mol. The second-order valence-corrected chi connectivity index (χ2v) is 6.12. The van der Waals surface area contributed by atoms with Crippen LogP contribution in [0.3, 0.4) is 0 Å². The number of hydrogen-bond donors (Lipinski definition) is 2. The highest BCUT2D eigenvalue weighted by atomic mass is 16.7. The van der Waals surface area contributed by atoms with Gasteiger partial charge in [-0.25, -0.2) is 0 Å². The van der Waals surface area contributed by atoms with Crippen molar-refractivity contribution in [2.45, 2.75) is 43.9 Å². The van der Waals surface area contributed by atoms with Crippen LogP contribution >= 0.6 is 0 Å². The van der Waals surface area contributed by atoms with E-state index < -0.39 is 18.0 Å². The first-order chi connectivity index (χ1) is 11.7. The molecule has 0 spiro atoms. The van der Waals surface area contributed by atoms with Crippen molar-refractivity contribution < 1.29 is 19.7 Å². The van der Waals surface area contributed by atoms with Crippen molar-refractivity contribution in [3.05, 3.63) is 71.8 Å². The first-order valence-electron chi connectivity index (χ1n) is 8.45. The minimum atomic E-state index is -1.32. The second kappa shape index (κ2) is 7.45. The molecule has 2 aromatic carbocycles.